The second kappa shape index (κ2) is 7.25. The summed E-state index contributed by atoms with van der Waals surface area (Å²) in [5.41, 5.74) is 6.89. The van der Waals surface area contributed by atoms with Crippen LogP contribution in [0.5, 0.6) is 5.75 Å². The third-order valence-electron chi connectivity index (χ3n) is 2.23. The Hall–Kier alpha value is -1.06. The Morgan fingerprint density at radius 2 is 2.06 bits per heavy atom. The molecule has 1 aromatic rings. The Morgan fingerprint density at radius 3 is 2.75 bits per heavy atom. The van der Waals surface area contributed by atoms with Crippen molar-refractivity contribution in [1.29, 1.82) is 0 Å². The third kappa shape index (κ3) is 4.64. The van der Waals surface area contributed by atoms with Crippen LogP contribution in [0.3, 0.4) is 0 Å². The van der Waals surface area contributed by atoms with Crippen molar-refractivity contribution in [3.05, 3.63) is 29.8 Å². The lowest BCUT2D eigenvalue weighted by Crippen LogP contribution is -2.08. The number of rotatable bonds is 7. The number of ether oxygens (including phenoxy) is 2. The van der Waals surface area contributed by atoms with Gasteiger partial charge in [-0.05, 0) is 31.0 Å². The van der Waals surface area contributed by atoms with E-state index in [9.17, 15) is 0 Å². The Balaban J connectivity index is 2.33. The van der Waals surface area contributed by atoms with Crippen molar-refractivity contribution in [3.8, 4) is 5.75 Å². The Bertz CT molecular complexity index is 300. The molecule has 16 heavy (non-hydrogen) atoms. The zero-order valence-corrected chi connectivity index (χ0v) is 10.1. The molecule has 0 aliphatic carbocycles. The van der Waals surface area contributed by atoms with Gasteiger partial charge in [0.1, 0.15) is 12.4 Å². The van der Waals surface area contributed by atoms with E-state index in [1.165, 1.54) is 0 Å². The molecule has 3 nitrogen and oxygen atoms in total. The maximum Gasteiger partial charge on any atom is 0.119 e. The molecular weight excluding hydrogens is 202 g/mol. The van der Waals surface area contributed by atoms with Crippen molar-refractivity contribution in [1.82, 2.24) is 0 Å². The highest BCUT2D eigenvalue weighted by Crippen LogP contribution is 2.17. The standard InChI is InChI=1S/C13H21NO2/c1-3-7-15-8-9-16-13-6-4-5-12(10-13)11(2)14/h4-6,10-11H,3,7-9,14H2,1-2H3/t11-/m1/s1. The van der Waals surface area contributed by atoms with Gasteiger partial charge in [0.25, 0.3) is 0 Å². The van der Waals surface area contributed by atoms with Crippen molar-refractivity contribution in [2.24, 2.45) is 5.73 Å². The molecule has 0 aliphatic rings. The van der Waals surface area contributed by atoms with Gasteiger partial charge in [-0.25, -0.2) is 0 Å². The highest BCUT2D eigenvalue weighted by molar-refractivity contribution is 5.30. The predicted molar refractivity (Wildman–Crippen MR) is 65.6 cm³/mol. The first-order valence-corrected chi connectivity index (χ1v) is 5.80. The van der Waals surface area contributed by atoms with Gasteiger partial charge in [0.15, 0.2) is 0 Å². The summed E-state index contributed by atoms with van der Waals surface area (Å²) in [4.78, 5) is 0. The summed E-state index contributed by atoms with van der Waals surface area (Å²) >= 11 is 0. The Labute approximate surface area is 97.6 Å². The lowest BCUT2D eigenvalue weighted by Gasteiger charge is -2.10. The zero-order valence-electron chi connectivity index (χ0n) is 10.1. The first kappa shape index (κ1) is 13.0. The van der Waals surface area contributed by atoms with E-state index in [4.69, 9.17) is 15.2 Å². The molecule has 0 spiro atoms. The third-order valence-corrected chi connectivity index (χ3v) is 2.23. The lowest BCUT2D eigenvalue weighted by molar-refractivity contribution is 0.101. The molecule has 90 valence electrons. The summed E-state index contributed by atoms with van der Waals surface area (Å²) in [6, 6.07) is 7.92. The van der Waals surface area contributed by atoms with E-state index >= 15 is 0 Å². The van der Waals surface area contributed by atoms with E-state index in [1.807, 2.05) is 31.2 Å². The second-order valence-corrected chi connectivity index (χ2v) is 3.82. The normalized spacial score (nSPS) is 12.4. The molecule has 1 atom stereocenters. The molecule has 0 radical (unpaired) electrons. The molecule has 0 aliphatic heterocycles. The van der Waals surface area contributed by atoms with Gasteiger partial charge < -0.3 is 15.2 Å². The fraction of sp³-hybridized carbons (Fsp3) is 0.538. The van der Waals surface area contributed by atoms with Crippen LogP contribution in [0.2, 0.25) is 0 Å². The first-order valence-electron chi connectivity index (χ1n) is 5.80. The van der Waals surface area contributed by atoms with Gasteiger partial charge in [-0.1, -0.05) is 19.1 Å². The summed E-state index contributed by atoms with van der Waals surface area (Å²) in [6.45, 7) is 6.07. The smallest absolute Gasteiger partial charge is 0.119 e. The van der Waals surface area contributed by atoms with E-state index in [0.717, 1.165) is 24.3 Å². The monoisotopic (exact) mass is 223 g/mol. The zero-order chi connectivity index (χ0) is 11.8. The van der Waals surface area contributed by atoms with Crippen molar-refractivity contribution in [2.75, 3.05) is 19.8 Å². The van der Waals surface area contributed by atoms with Crippen LogP contribution in [0.15, 0.2) is 24.3 Å². The van der Waals surface area contributed by atoms with E-state index in [-0.39, 0.29) is 6.04 Å². The molecular formula is C13H21NO2. The van der Waals surface area contributed by atoms with Crippen LogP contribution in [-0.4, -0.2) is 19.8 Å². The topological polar surface area (TPSA) is 44.5 Å². The molecule has 1 rings (SSSR count). The van der Waals surface area contributed by atoms with Crippen LogP contribution in [0.1, 0.15) is 31.9 Å². The molecule has 0 fully saturated rings. The molecule has 0 bridgehead atoms. The van der Waals surface area contributed by atoms with Crippen LogP contribution in [-0.2, 0) is 4.74 Å². The van der Waals surface area contributed by atoms with Gasteiger partial charge >= 0.3 is 0 Å². The minimum atomic E-state index is 0.0416. The molecule has 3 heteroatoms. The number of hydrogen-bond donors (Lipinski definition) is 1. The van der Waals surface area contributed by atoms with Crippen molar-refractivity contribution in [2.45, 2.75) is 26.3 Å². The van der Waals surface area contributed by atoms with E-state index < -0.39 is 0 Å². The van der Waals surface area contributed by atoms with E-state index in [2.05, 4.69) is 6.92 Å². The molecule has 0 unspecified atom stereocenters. The highest BCUT2D eigenvalue weighted by Gasteiger charge is 2.00. The first-order chi connectivity index (χ1) is 7.74. The summed E-state index contributed by atoms with van der Waals surface area (Å²) in [7, 11) is 0. The summed E-state index contributed by atoms with van der Waals surface area (Å²) in [5.74, 6) is 0.856. The SMILES string of the molecule is CCCOCCOc1cccc([C@@H](C)N)c1. The quantitative estimate of drug-likeness (QED) is 0.722. The minimum absolute atomic E-state index is 0.0416. The van der Waals surface area contributed by atoms with Gasteiger partial charge in [0.2, 0.25) is 0 Å². The predicted octanol–water partition coefficient (Wildman–Crippen LogP) is 2.51. The fourth-order valence-electron chi connectivity index (χ4n) is 1.35. The van der Waals surface area contributed by atoms with Crippen LogP contribution in [0.25, 0.3) is 0 Å². The van der Waals surface area contributed by atoms with Gasteiger partial charge in [-0.3, -0.25) is 0 Å². The summed E-state index contributed by atoms with van der Waals surface area (Å²) < 4.78 is 10.9. The minimum Gasteiger partial charge on any atom is -0.491 e. The molecule has 0 heterocycles. The molecule has 0 aromatic heterocycles. The average Bonchev–Trinajstić information content (AvgIpc) is 2.29. The van der Waals surface area contributed by atoms with Crippen molar-refractivity contribution in [3.63, 3.8) is 0 Å². The number of nitrogens with two attached hydrogens (primary N) is 1. The maximum absolute atomic E-state index is 5.80. The maximum atomic E-state index is 5.80. The summed E-state index contributed by atoms with van der Waals surface area (Å²) in [5, 5.41) is 0. The van der Waals surface area contributed by atoms with Crippen molar-refractivity contribution < 1.29 is 9.47 Å². The molecule has 0 saturated carbocycles. The van der Waals surface area contributed by atoms with Gasteiger partial charge in [-0.15, -0.1) is 0 Å². The van der Waals surface area contributed by atoms with Crippen molar-refractivity contribution >= 4 is 0 Å². The van der Waals surface area contributed by atoms with E-state index in [0.29, 0.717) is 13.2 Å². The van der Waals surface area contributed by atoms with Crippen LogP contribution in [0, 0.1) is 0 Å². The average molecular weight is 223 g/mol. The van der Waals surface area contributed by atoms with Crippen LogP contribution < -0.4 is 10.5 Å². The van der Waals surface area contributed by atoms with E-state index in [1.54, 1.807) is 0 Å². The number of hydrogen-bond acceptors (Lipinski definition) is 3. The number of benzene rings is 1. The molecule has 2 N–H and O–H groups in total. The van der Waals surface area contributed by atoms with Crippen LogP contribution >= 0.6 is 0 Å². The lowest BCUT2D eigenvalue weighted by atomic mass is 10.1. The highest BCUT2D eigenvalue weighted by atomic mass is 16.5. The van der Waals surface area contributed by atoms with Gasteiger partial charge in [-0.2, -0.15) is 0 Å². The summed E-state index contributed by atoms with van der Waals surface area (Å²) in [6.07, 6.45) is 1.04. The Kier molecular flexibility index (Phi) is 5.90. The molecule has 1 aromatic carbocycles. The Morgan fingerprint density at radius 1 is 1.25 bits per heavy atom. The largest absolute Gasteiger partial charge is 0.491 e. The second-order valence-electron chi connectivity index (χ2n) is 3.82. The molecule has 0 saturated heterocycles. The van der Waals surface area contributed by atoms with Gasteiger partial charge in [0.05, 0.1) is 6.61 Å². The van der Waals surface area contributed by atoms with Crippen LogP contribution in [0.4, 0.5) is 0 Å². The molecule has 0 amide bonds. The fourth-order valence-corrected chi connectivity index (χ4v) is 1.35. The van der Waals surface area contributed by atoms with Gasteiger partial charge in [0, 0.05) is 12.6 Å².